The first kappa shape index (κ1) is 12.5. The Bertz CT molecular complexity index is 493. The van der Waals surface area contributed by atoms with Crippen molar-refractivity contribution in [2.24, 2.45) is 5.73 Å². The average molecular weight is 246 g/mol. The molecule has 6 nitrogen and oxygen atoms in total. The van der Waals surface area contributed by atoms with Crippen LogP contribution >= 0.6 is 0 Å². The number of anilines is 1. The number of nitrogens with zero attached hydrogens (tertiary/aromatic N) is 4. The first-order valence-electron chi connectivity index (χ1n) is 6.14. The van der Waals surface area contributed by atoms with Gasteiger partial charge in [-0.05, 0) is 32.0 Å². The van der Waals surface area contributed by atoms with Gasteiger partial charge in [0.1, 0.15) is 0 Å². The molecule has 0 aromatic carbocycles. The van der Waals surface area contributed by atoms with Gasteiger partial charge in [0, 0.05) is 25.5 Å². The highest BCUT2D eigenvalue weighted by Crippen LogP contribution is 2.16. The third-order valence-corrected chi connectivity index (χ3v) is 2.60. The van der Waals surface area contributed by atoms with Crippen LogP contribution < -0.4 is 11.1 Å². The largest absolute Gasteiger partial charge is 0.354 e. The molecule has 2 aromatic rings. The van der Waals surface area contributed by atoms with Crippen LogP contribution in [0.4, 0.5) is 5.95 Å². The molecule has 2 aromatic heterocycles. The lowest BCUT2D eigenvalue weighted by molar-refractivity contribution is 0.665. The van der Waals surface area contributed by atoms with Crippen molar-refractivity contribution >= 4 is 5.95 Å². The Morgan fingerprint density at radius 2 is 2.22 bits per heavy atom. The van der Waals surface area contributed by atoms with Crippen LogP contribution in [0.15, 0.2) is 24.5 Å². The summed E-state index contributed by atoms with van der Waals surface area (Å²) in [7, 11) is 0. The molecular formula is C12H18N6. The van der Waals surface area contributed by atoms with Crippen molar-refractivity contribution in [2.75, 3.05) is 18.4 Å². The van der Waals surface area contributed by atoms with Crippen LogP contribution in [-0.4, -0.2) is 32.8 Å². The van der Waals surface area contributed by atoms with E-state index < -0.39 is 0 Å². The predicted octanol–water partition coefficient (Wildman–Crippen LogP) is 1.12. The quantitative estimate of drug-likeness (QED) is 0.746. The fraction of sp³-hybridized carbons (Fsp3) is 0.417. The molecule has 6 heteroatoms. The molecule has 0 spiro atoms. The normalized spacial score (nSPS) is 10.6. The Morgan fingerprint density at radius 3 is 3.00 bits per heavy atom. The van der Waals surface area contributed by atoms with Gasteiger partial charge in [-0.2, -0.15) is 5.10 Å². The van der Waals surface area contributed by atoms with Crippen molar-refractivity contribution in [2.45, 2.75) is 19.9 Å². The molecule has 0 atom stereocenters. The SMILES string of the molecule is CCn1nccc1-c1ccnc(NCCCN)n1. The van der Waals surface area contributed by atoms with E-state index in [1.807, 2.05) is 16.8 Å². The van der Waals surface area contributed by atoms with Crippen LogP contribution in [0.25, 0.3) is 11.4 Å². The van der Waals surface area contributed by atoms with Crippen LogP contribution in [-0.2, 0) is 6.54 Å². The molecule has 2 rings (SSSR count). The molecule has 0 aliphatic heterocycles. The Labute approximate surface area is 106 Å². The van der Waals surface area contributed by atoms with Crippen molar-refractivity contribution in [3.05, 3.63) is 24.5 Å². The van der Waals surface area contributed by atoms with E-state index in [-0.39, 0.29) is 0 Å². The van der Waals surface area contributed by atoms with Gasteiger partial charge in [-0.15, -0.1) is 0 Å². The lowest BCUT2D eigenvalue weighted by Gasteiger charge is -2.07. The maximum absolute atomic E-state index is 5.45. The van der Waals surface area contributed by atoms with E-state index in [1.165, 1.54) is 0 Å². The van der Waals surface area contributed by atoms with Gasteiger partial charge >= 0.3 is 0 Å². The highest BCUT2D eigenvalue weighted by atomic mass is 15.3. The second-order valence-electron chi connectivity index (χ2n) is 3.87. The summed E-state index contributed by atoms with van der Waals surface area (Å²) >= 11 is 0. The van der Waals surface area contributed by atoms with Gasteiger partial charge < -0.3 is 11.1 Å². The minimum Gasteiger partial charge on any atom is -0.354 e. The van der Waals surface area contributed by atoms with E-state index in [1.54, 1.807) is 12.4 Å². The lowest BCUT2D eigenvalue weighted by atomic mass is 10.3. The molecular weight excluding hydrogens is 228 g/mol. The summed E-state index contributed by atoms with van der Waals surface area (Å²) in [5.41, 5.74) is 7.32. The maximum atomic E-state index is 5.45. The maximum Gasteiger partial charge on any atom is 0.223 e. The predicted molar refractivity (Wildman–Crippen MR) is 71.1 cm³/mol. The number of nitrogens with two attached hydrogens (primary N) is 1. The van der Waals surface area contributed by atoms with Gasteiger partial charge in [0.2, 0.25) is 5.95 Å². The summed E-state index contributed by atoms with van der Waals surface area (Å²) in [6, 6.07) is 3.84. The summed E-state index contributed by atoms with van der Waals surface area (Å²) in [6.07, 6.45) is 4.43. The van der Waals surface area contributed by atoms with Crippen molar-refractivity contribution < 1.29 is 0 Å². The minimum absolute atomic E-state index is 0.629. The zero-order valence-electron chi connectivity index (χ0n) is 10.5. The second-order valence-corrected chi connectivity index (χ2v) is 3.87. The second kappa shape index (κ2) is 6.11. The highest BCUT2D eigenvalue weighted by Gasteiger charge is 2.06. The van der Waals surface area contributed by atoms with Gasteiger partial charge in [-0.25, -0.2) is 9.97 Å². The van der Waals surface area contributed by atoms with Crippen molar-refractivity contribution in [3.8, 4) is 11.4 Å². The number of rotatable bonds is 6. The van der Waals surface area contributed by atoms with Crippen molar-refractivity contribution in [3.63, 3.8) is 0 Å². The number of nitrogens with one attached hydrogen (secondary N) is 1. The van der Waals surface area contributed by atoms with Gasteiger partial charge in [0.05, 0.1) is 11.4 Å². The zero-order chi connectivity index (χ0) is 12.8. The van der Waals surface area contributed by atoms with Crippen LogP contribution in [0.1, 0.15) is 13.3 Å². The van der Waals surface area contributed by atoms with Crippen LogP contribution in [0, 0.1) is 0 Å². The fourth-order valence-electron chi connectivity index (χ4n) is 1.69. The molecule has 96 valence electrons. The standard InChI is InChI=1S/C12H18N6/c1-2-18-11(5-9-16-18)10-4-8-15-12(17-10)14-7-3-6-13/h4-5,8-9H,2-3,6-7,13H2,1H3,(H,14,15,17). The molecule has 0 aliphatic rings. The first-order chi connectivity index (χ1) is 8.85. The third kappa shape index (κ3) is 2.84. The molecule has 0 fully saturated rings. The molecule has 3 N–H and O–H groups in total. The number of hydrogen-bond acceptors (Lipinski definition) is 5. The lowest BCUT2D eigenvalue weighted by Crippen LogP contribution is -2.10. The number of aryl methyl sites for hydroxylation is 1. The van der Waals surface area contributed by atoms with E-state index in [0.717, 1.165) is 30.9 Å². The summed E-state index contributed by atoms with van der Waals surface area (Å²) in [5.74, 6) is 0.629. The molecule has 0 bridgehead atoms. The van der Waals surface area contributed by atoms with Gasteiger partial charge in [-0.3, -0.25) is 4.68 Å². The van der Waals surface area contributed by atoms with E-state index in [0.29, 0.717) is 12.5 Å². The van der Waals surface area contributed by atoms with E-state index in [2.05, 4.69) is 27.3 Å². The molecule has 0 radical (unpaired) electrons. The summed E-state index contributed by atoms with van der Waals surface area (Å²) in [5, 5.41) is 7.39. The van der Waals surface area contributed by atoms with Gasteiger partial charge in [0.15, 0.2) is 0 Å². The molecule has 0 saturated heterocycles. The first-order valence-corrected chi connectivity index (χ1v) is 6.14. The van der Waals surface area contributed by atoms with Crippen LogP contribution in [0.3, 0.4) is 0 Å². The van der Waals surface area contributed by atoms with Gasteiger partial charge in [-0.1, -0.05) is 0 Å². The Balaban J connectivity index is 2.16. The molecule has 0 unspecified atom stereocenters. The number of aromatic nitrogens is 4. The number of hydrogen-bond donors (Lipinski definition) is 2. The van der Waals surface area contributed by atoms with Crippen molar-refractivity contribution in [1.82, 2.24) is 19.7 Å². The molecule has 0 amide bonds. The minimum atomic E-state index is 0.629. The smallest absolute Gasteiger partial charge is 0.223 e. The molecule has 2 heterocycles. The highest BCUT2D eigenvalue weighted by molar-refractivity contribution is 5.55. The summed E-state index contributed by atoms with van der Waals surface area (Å²) in [6.45, 7) is 4.32. The molecule has 0 saturated carbocycles. The van der Waals surface area contributed by atoms with Gasteiger partial charge in [0.25, 0.3) is 0 Å². The van der Waals surface area contributed by atoms with E-state index in [9.17, 15) is 0 Å². The Morgan fingerprint density at radius 1 is 1.33 bits per heavy atom. The topological polar surface area (TPSA) is 81.7 Å². The average Bonchev–Trinajstić information content (AvgIpc) is 2.88. The Kier molecular flexibility index (Phi) is 4.25. The van der Waals surface area contributed by atoms with E-state index >= 15 is 0 Å². The zero-order valence-corrected chi connectivity index (χ0v) is 10.5. The Hall–Kier alpha value is -1.95. The third-order valence-electron chi connectivity index (χ3n) is 2.60. The fourth-order valence-corrected chi connectivity index (χ4v) is 1.69. The van der Waals surface area contributed by atoms with Crippen LogP contribution in [0.2, 0.25) is 0 Å². The summed E-state index contributed by atoms with van der Waals surface area (Å²) in [4.78, 5) is 8.66. The molecule has 0 aliphatic carbocycles. The van der Waals surface area contributed by atoms with Crippen molar-refractivity contribution in [1.29, 1.82) is 0 Å². The monoisotopic (exact) mass is 246 g/mol. The van der Waals surface area contributed by atoms with E-state index in [4.69, 9.17) is 5.73 Å². The molecule has 18 heavy (non-hydrogen) atoms. The summed E-state index contributed by atoms with van der Waals surface area (Å²) < 4.78 is 1.91. The van der Waals surface area contributed by atoms with Crippen LogP contribution in [0.5, 0.6) is 0 Å².